The Balaban J connectivity index is 1.51. The zero-order valence-electron chi connectivity index (χ0n) is 13.7. The summed E-state index contributed by atoms with van der Waals surface area (Å²) in [6.45, 7) is 2.34. The van der Waals surface area contributed by atoms with Crippen LogP contribution >= 0.6 is 11.3 Å². The smallest absolute Gasteiger partial charge is 0.254 e. The quantitative estimate of drug-likeness (QED) is 0.570. The molecule has 0 aliphatic heterocycles. The molecule has 124 valence electrons. The Morgan fingerprint density at radius 1 is 1.12 bits per heavy atom. The van der Waals surface area contributed by atoms with Crippen molar-refractivity contribution in [1.82, 2.24) is 15.3 Å². The van der Waals surface area contributed by atoms with Gasteiger partial charge >= 0.3 is 0 Å². The molecular weight excluding hydrogens is 330 g/mol. The van der Waals surface area contributed by atoms with Gasteiger partial charge in [-0.1, -0.05) is 48.5 Å². The van der Waals surface area contributed by atoms with Crippen molar-refractivity contribution in [1.29, 1.82) is 0 Å². The van der Waals surface area contributed by atoms with Gasteiger partial charge in [0.25, 0.3) is 5.91 Å². The van der Waals surface area contributed by atoms with E-state index in [1.54, 1.807) is 11.3 Å². The van der Waals surface area contributed by atoms with Gasteiger partial charge in [0.1, 0.15) is 5.01 Å². The van der Waals surface area contributed by atoms with Gasteiger partial charge < -0.3 is 10.3 Å². The summed E-state index contributed by atoms with van der Waals surface area (Å²) in [5.41, 5.74) is 4.52. The maximum absolute atomic E-state index is 12.6. The van der Waals surface area contributed by atoms with Crippen LogP contribution in [0.15, 0.2) is 60.0 Å². The highest BCUT2D eigenvalue weighted by molar-refractivity contribution is 7.13. The van der Waals surface area contributed by atoms with Crippen molar-refractivity contribution in [3.63, 3.8) is 0 Å². The summed E-state index contributed by atoms with van der Waals surface area (Å²) in [4.78, 5) is 20.5. The normalized spacial score (nSPS) is 10.9. The third kappa shape index (κ3) is 3.06. The van der Waals surface area contributed by atoms with Crippen LogP contribution in [0.25, 0.3) is 21.5 Å². The van der Waals surface area contributed by atoms with Gasteiger partial charge in [0.2, 0.25) is 0 Å². The van der Waals surface area contributed by atoms with Crippen molar-refractivity contribution in [3.8, 4) is 10.6 Å². The molecule has 0 radical (unpaired) electrons. The van der Waals surface area contributed by atoms with Crippen LogP contribution in [-0.4, -0.2) is 15.9 Å². The molecule has 25 heavy (non-hydrogen) atoms. The van der Waals surface area contributed by atoms with E-state index in [0.717, 1.165) is 32.9 Å². The molecule has 0 spiro atoms. The number of carbonyl (C=O) groups is 1. The highest BCUT2D eigenvalue weighted by atomic mass is 32.1. The lowest BCUT2D eigenvalue weighted by Gasteiger charge is -2.03. The maximum Gasteiger partial charge on any atom is 0.254 e. The second-order valence-electron chi connectivity index (χ2n) is 5.86. The van der Waals surface area contributed by atoms with Crippen LogP contribution in [0, 0.1) is 6.92 Å². The minimum absolute atomic E-state index is 0.0794. The minimum Gasteiger partial charge on any atom is -0.358 e. The zero-order chi connectivity index (χ0) is 17.2. The van der Waals surface area contributed by atoms with Gasteiger partial charge in [0.05, 0.1) is 17.8 Å². The standard InChI is InChI=1S/C20H17N3OS/c1-13-18(16-9-5-6-10-17(16)22-13)19(24)21-11-15-12-25-20(23-15)14-7-3-2-4-8-14/h2-10,12,22H,11H2,1H3,(H,21,24). The number of rotatable bonds is 4. The van der Waals surface area contributed by atoms with Crippen LogP contribution in [-0.2, 0) is 6.54 Å². The predicted molar refractivity (Wildman–Crippen MR) is 102 cm³/mol. The molecule has 4 rings (SSSR count). The molecule has 1 amide bonds. The number of hydrogen-bond donors (Lipinski definition) is 2. The lowest BCUT2D eigenvalue weighted by molar-refractivity contribution is 0.0951. The van der Waals surface area contributed by atoms with E-state index in [1.165, 1.54) is 0 Å². The van der Waals surface area contributed by atoms with Crippen LogP contribution in [0.2, 0.25) is 0 Å². The average molecular weight is 347 g/mol. The summed E-state index contributed by atoms with van der Waals surface area (Å²) in [6, 6.07) is 17.9. The van der Waals surface area contributed by atoms with Gasteiger partial charge in [0.15, 0.2) is 0 Å². The molecule has 0 atom stereocenters. The van der Waals surface area contributed by atoms with Gasteiger partial charge in [-0.25, -0.2) is 4.98 Å². The lowest BCUT2D eigenvalue weighted by atomic mass is 10.1. The SMILES string of the molecule is Cc1[nH]c2ccccc2c1C(=O)NCc1csc(-c2ccccc2)n1. The molecule has 0 saturated heterocycles. The molecule has 2 aromatic carbocycles. The highest BCUT2D eigenvalue weighted by Crippen LogP contribution is 2.24. The van der Waals surface area contributed by atoms with Gasteiger partial charge in [-0.05, 0) is 13.0 Å². The van der Waals surface area contributed by atoms with E-state index in [4.69, 9.17) is 0 Å². The number of para-hydroxylation sites is 1. The first-order chi connectivity index (χ1) is 12.2. The number of amides is 1. The number of hydrogen-bond acceptors (Lipinski definition) is 3. The van der Waals surface area contributed by atoms with Crippen LogP contribution in [0.1, 0.15) is 21.7 Å². The summed E-state index contributed by atoms with van der Waals surface area (Å²) in [7, 11) is 0. The van der Waals surface area contributed by atoms with Crippen molar-refractivity contribution in [2.24, 2.45) is 0 Å². The van der Waals surface area contributed by atoms with E-state index in [-0.39, 0.29) is 5.91 Å². The van der Waals surface area contributed by atoms with Crippen LogP contribution in [0.5, 0.6) is 0 Å². The Morgan fingerprint density at radius 2 is 1.88 bits per heavy atom. The molecule has 0 fully saturated rings. The number of benzene rings is 2. The number of aromatic nitrogens is 2. The summed E-state index contributed by atoms with van der Waals surface area (Å²) < 4.78 is 0. The number of nitrogens with zero attached hydrogens (tertiary/aromatic N) is 1. The topological polar surface area (TPSA) is 57.8 Å². The second kappa shape index (κ2) is 6.53. The lowest BCUT2D eigenvalue weighted by Crippen LogP contribution is -2.23. The fourth-order valence-corrected chi connectivity index (χ4v) is 3.76. The van der Waals surface area contributed by atoms with Crippen molar-refractivity contribution in [3.05, 3.63) is 76.9 Å². The molecule has 0 aliphatic rings. The van der Waals surface area contributed by atoms with E-state index in [9.17, 15) is 4.79 Å². The molecular formula is C20H17N3OS. The van der Waals surface area contributed by atoms with E-state index >= 15 is 0 Å². The molecule has 5 heteroatoms. The molecule has 2 N–H and O–H groups in total. The Labute approximate surface area is 149 Å². The summed E-state index contributed by atoms with van der Waals surface area (Å²) in [5.74, 6) is -0.0794. The molecule has 2 heterocycles. The highest BCUT2D eigenvalue weighted by Gasteiger charge is 2.15. The third-order valence-corrected chi connectivity index (χ3v) is 5.06. The molecule has 0 aliphatic carbocycles. The van der Waals surface area contributed by atoms with Gasteiger partial charge in [0, 0.05) is 27.5 Å². The summed E-state index contributed by atoms with van der Waals surface area (Å²) in [5, 5.41) is 6.89. The minimum atomic E-state index is -0.0794. The first-order valence-electron chi connectivity index (χ1n) is 8.07. The van der Waals surface area contributed by atoms with Crippen LogP contribution in [0.4, 0.5) is 0 Å². The Hall–Kier alpha value is -2.92. The van der Waals surface area contributed by atoms with Crippen LogP contribution < -0.4 is 5.32 Å². The Morgan fingerprint density at radius 3 is 2.72 bits per heavy atom. The van der Waals surface area contributed by atoms with Gasteiger partial charge in [-0.3, -0.25) is 4.79 Å². The summed E-state index contributed by atoms with van der Waals surface area (Å²) >= 11 is 1.59. The molecule has 0 bridgehead atoms. The first-order valence-corrected chi connectivity index (χ1v) is 8.95. The average Bonchev–Trinajstić information content (AvgIpc) is 3.24. The van der Waals surface area contributed by atoms with Crippen molar-refractivity contribution >= 4 is 28.1 Å². The van der Waals surface area contributed by atoms with Crippen LogP contribution in [0.3, 0.4) is 0 Å². The fraction of sp³-hybridized carbons (Fsp3) is 0.100. The molecule has 4 nitrogen and oxygen atoms in total. The molecule has 0 unspecified atom stereocenters. The second-order valence-corrected chi connectivity index (χ2v) is 6.72. The van der Waals surface area contributed by atoms with E-state index < -0.39 is 0 Å². The Bertz CT molecular complexity index is 1030. The number of nitrogens with one attached hydrogen (secondary N) is 2. The first kappa shape index (κ1) is 15.6. The number of aryl methyl sites for hydroxylation is 1. The number of fused-ring (bicyclic) bond motifs is 1. The number of aromatic amines is 1. The molecule has 4 aromatic rings. The van der Waals surface area contributed by atoms with Crippen molar-refractivity contribution in [2.75, 3.05) is 0 Å². The predicted octanol–water partition coefficient (Wildman–Crippen LogP) is 4.53. The monoisotopic (exact) mass is 347 g/mol. The number of thiazole rings is 1. The summed E-state index contributed by atoms with van der Waals surface area (Å²) in [6.07, 6.45) is 0. The zero-order valence-corrected chi connectivity index (χ0v) is 14.6. The number of carbonyl (C=O) groups excluding carboxylic acids is 1. The molecule has 0 saturated carbocycles. The Kier molecular flexibility index (Phi) is 4.07. The fourth-order valence-electron chi connectivity index (χ4n) is 2.93. The number of H-pyrrole nitrogens is 1. The van der Waals surface area contributed by atoms with E-state index in [2.05, 4.69) is 15.3 Å². The van der Waals surface area contributed by atoms with Gasteiger partial charge in [-0.15, -0.1) is 11.3 Å². The van der Waals surface area contributed by atoms with Gasteiger partial charge in [-0.2, -0.15) is 0 Å². The van der Waals surface area contributed by atoms with E-state index in [1.807, 2.05) is 66.9 Å². The van der Waals surface area contributed by atoms with Crippen molar-refractivity contribution in [2.45, 2.75) is 13.5 Å². The third-order valence-electron chi connectivity index (χ3n) is 4.12. The maximum atomic E-state index is 12.6. The largest absolute Gasteiger partial charge is 0.358 e. The molecule has 2 aromatic heterocycles. The van der Waals surface area contributed by atoms with E-state index in [0.29, 0.717) is 12.1 Å². The van der Waals surface area contributed by atoms with Crippen molar-refractivity contribution < 1.29 is 4.79 Å².